The van der Waals surface area contributed by atoms with Gasteiger partial charge in [0.2, 0.25) is 0 Å². The van der Waals surface area contributed by atoms with Gasteiger partial charge in [-0.05, 0) is 23.6 Å². The molecule has 1 atom stereocenters. The zero-order valence-corrected chi connectivity index (χ0v) is 12.6. The van der Waals surface area contributed by atoms with E-state index in [2.05, 4.69) is 39.9 Å². The van der Waals surface area contributed by atoms with Crippen molar-refractivity contribution in [2.24, 2.45) is 4.99 Å². The molecule has 2 aromatic rings. The Kier molecular flexibility index (Phi) is 4.37. The summed E-state index contributed by atoms with van der Waals surface area (Å²) in [6.45, 7) is 1.27. The third-order valence-electron chi connectivity index (χ3n) is 4.10. The maximum atomic E-state index is 13.6. The fourth-order valence-electron chi connectivity index (χ4n) is 2.81. The van der Waals surface area contributed by atoms with Crippen LogP contribution in [0, 0.1) is 5.82 Å². The molecule has 2 aromatic carbocycles. The fraction of sp³-hybridized carbons (Fsp3) is 0.278. The molecule has 114 valence electrons. The average molecular weight is 297 g/mol. The Morgan fingerprint density at radius 3 is 2.68 bits per heavy atom. The van der Waals surface area contributed by atoms with Gasteiger partial charge in [0.05, 0.1) is 0 Å². The lowest BCUT2D eigenvalue weighted by Gasteiger charge is -2.30. The molecule has 0 saturated carbocycles. The van der Waals surface area contributed by atoms with E-state index in [9.17, 15) is 4.39 Å². The van der Waals surface area contributed by atoms with Crippen molar-refractivity contribution in [2.45, 2.75) is 18.9 Å². The first-order valence-corrected chi connectivity index (χ1v) is 7.53. The summed E-state index contributed by atoms with van der Waals surface area (Å²) in [6.07, 6.45) is 1.10. The molecule has 1 unspecified atom stereocenters. The number of rotatable bonds is 4. The summed E-state index contributed by atoms with van der Waals surface area (Å²) >= 11 is 0. The normalized spacial score (nSPS) is 16.6. The van der Waals surface area contributed by atoms with Gasteiger partial charge in [-0.15, -0.1) is 0 Å². The molecule has 0 amide bonds. The van der Waals surface area contributed by atoms with E-state index >= 15 is 0 Å². The predicted molar refractivity (Wildman–Crippen MR) is 87.5 cm³/mol. The highest BCUT2D eigenvalue weighted by atomic mass is 19.1. The van der Waals surface area contributed by atoms with Crippen LogP contribution in [0.5, 0.6) is 0 Å². The van der Waals surface area contributed by atoms with Crippen molar-refractivity contribution < 1.29 is 4.39 Å². The second kappa shape index (κ2) is 6.60. The standard InChI is InChI=1S/C18H20FN3/c1-20-18(21-11-14-7-3-5-9-17(14)19)22-12-15-10-13-6-2-4-8-16(13)15/h2-9,15H,10-12H2,1H3,(H2,20,21,22). The monoisotopic (exact) mass is 297 g/mol. The van der Waals surface area contributed by atoms with Crippen LogP contribution in [0.1, 0.15) is 22.6 Å². The molecule has 3 nitrogen and oxygen atoms in total. The molecule has 0 radical (unpaired) electrons. The maximum Gasteiger partial charge on any atom is 0.191 e. The van der Waals surface area contributed by atoms with Crippen LogP contribution in [-0.4, -0.2) is 19.6 Å². The number of hydrogen-bond donors (Lipinski definition) is 2. The molecule has 0 aromatic heterocycles. The van der Waals surface area contributed by atoms with E-state index < -0.39 is 0 Å². The van der Waals surface area contributed by atoms with Gasteiger partial charge in [-0.3, -0.25) is 4.99 Å². The molecule has 1 aliphatic rings. The van der Waals surface area contributed by atoms with Gasteiger partial charge in [0, 0.05) is 31.6 Å². The molecule has 0 aliphatic heterocycles. The number of aliphatic imine (C=N–C) groups is 1. The number of guanidine groups is 1. The van der Waals surface area contributed by atoms with Crippen molar-refractivity contribution in [1.82, 2.24) is 10.6 Å². The fourth-order valence-corrected chi connectivity index (χ4v) is 2.81. The Morgan fingerprint density at radius 2 is 1.91 bits per heavy atom. The number of nitrogens with zero attached hydrogens (tertiary/aromatic N) is 1. The van der Waals surface area contributed by atoms with Crippen LogP contribution in [0.25, 0.3) is 0 Å². The van der Waals surface area contributed by atoms with E-state index in [0.717, 1.165) is 13.0 Å². The van der Waals surface area contributed by atoms with Crippen molar-refractivity contribution in [2.75, 3.05) is 13.6 Å². The molecule has 0 bridgehead atoms. The Bertz CT molecular complexity index is 682. The summed E-state index contributed by atoms with van der Waals surface area (Å²) in [4.78, 5) is 4.19. The molecule has 4 heteroatoms. The van der Waals surface area contributed by atoms with E-state index in [1.54, 1.807) is 19.2 Å². The maximum absolute atomic E-state index is 13.6. The highest BCUT2D eigenvalue weighted by Crippen LogP contribution is 2.33. The largest absolute Gasteiger partial charge is 0.356 e. The van der Waals surface area contributed by atoms with Gasteiger partial charge in [-0.1, -0.05) is 42.5 Å². The SMILES string of the molecule is CN=C(NCc1ccccc1F)NCC1Cc2ccccc21. The van der Waals surface area contributed by atoms with Crippen LogP contribution in [0.2, 0.25) is 0 Å². The van der Waals surface area contributed by atoms with Crippen molar-refractivity contribution in [3.05, 3.63) is 71.0 Å². The molecule has 0 saturated heterocycles. The molecule has 1 aliphatic carbocycles. The molecule has 0 fully saturated rings. The molecule has 0 heterocycles. The van der Waals surface area contributed by atoms with Gasteiger partial charge in [-0.25, -0.2) is 4.39 Å². The predicted octanol–water partition coefficient (Wildman–Crippen LogP) is 2.83. The molecule has 2 N–H and O–H groups in total. The summed E-state index contributed by atoms with van der Waals surface area (Å²) < 4.78 is 13.6. The van der Waals surface area contributed by atoms with E-state index in [1.807, 2.05) is 6.07 Å². The van der Waals surface area contributed by atoms with E-state index in [4.69, 9.17) is 0 Å². The topological polar surface area (TPSA) is 36.4 Å². The zero-order valence-electron chi connectivity index (χ0n) is 12.6. The Hall–Kier alpha value is -2.36. The average Bonchev–Trinajstić information content (AvgIpc) is 2.52. The number of nitrogens with one attached hydrogen (secondary N) is 2. The van der Waals surface area contributed by atoms with Crippen LogP contribution in [0.4, 0.5) is 4.39 Å². The lowest BCUT2D eigenvalue weighted by molar-refractivity contribution is 0.580. The third kappa shape index (κ3) is 3.11. The van der Waals surface area contributed by atoms with Gasteiger partial charge in [0.1, 0.15) is 5.82 Å². The van der Waals surface area contributed by atoms with Crippen LogP contribution in [-0.2, 0) is 13.0 Å². The van der Waals surface area contributed by atoms with Gasteiger partial charge >= 0.3 is 0 Å². The molecule has 22 heavy (non-hydrogen) atoms. The van der Waals surface area contributed by atoms with Gasteiger partial charge in [0.15, 0.2) is 5.96 Å². The summed E-state index contributed by atoms with van der Waals surface area (Å²) in [6, 6.07) is 15.3. The number of fused-ring (bicyclic) bond motifs is 1. The first-order chi connectivity index (χ1) is 10.8. The molecule has 3 rings (SSSR count). The van der Waals surface area contributed by atoms with E-state index in [0.29, 0.717) is 24.0 Å². The van der Waals surface area contributed by atoms with Crippen LogP contribution < -0.4 is 10.6 Å². The minimum absolute atomic E-state index is 0.196. The molecular weight excluding hydrogens is 277 g/mol. The summed E-state index contributed by atoms with van der Waals surface area (Å²) in [5, 5.41) is 6.47. The smallest absolute Gasteiger partial charge is 0.191 e. The lowest BCUT2D eigenvalue weighted by Crippen LogP contribution is -2.40. The lowest BCUT2D eigenvalue weighted by atomic mass is 9.78. The minimum Gasteiger partial charge on any atom is -0.356 e. The minimum atomic E-state index is -0.196. The summed E-state index contributed by atoms with van der Waals surface area (Å²) in [5.74, 6) is 1.04. The Morgan fingerprint density at radius 1 is 1.14 bits per heavy atom. The van der Waals surface area contributed by atoms with Gasteiger partial charge in [0.25, 0.3) is 0 Å². The Balaban J connectivity index is 1.51. The second-order valence-electron chi connectivity index (χ2n) is 5.50. The van der Waals surface area contributed by atoms with E-state index in [-0.39, 0.29) is 5.82 Å². The highest BCUT2D eigenvalue weighted by molar-refractivity contribution is 5.79. The first-order valence-electron chi connectivity index (χ1n) is 7.53. The molecule has 0 spiro atoms. The summed E-state index contributed by atoms with van der Waals surface area (Å²) in [5.41, 5.74) is 3.49. The zero-order chi connectivity index (χ0) is 15.4. The first kappa shape index (κ1) is 14.6. The van der Waals surface area contributed by atoms with Crippen molar-refractivity contribution in [3.63, 3.8) is 0 Å². The van der Waals surface area contributed by atoms with Crippen LogP contribution in [0.3, 0.4) is 0 Å². The van der Waals surface area contributed by atoms with Gasteiger partial charge < -0.3 is 10.6 Å². The number of halogens is 1. The molecular formula is C18H20FN3. The second-order valence-corrected chi connectivity index (χ2v) is 5.50. The van der Waals surface area contributed by atoms with Crippen molar-refractivity contribution in [1.29, 1.82) is 0 Å². The van der Waals surface area contributed by atoms with Crippen LogP contribution >= 0.6 is 0 Å². The highest BCUT2D eigenvalue weighted by Gasteiger charge is 2.25. The van der Waals surface area contributed by atoms with Crippen molar-refractivity contribution in [3.8, 4) is 0 Å². The van der Waals surface area contributed by atoms with Crippen molar-refractivity contribution >= 4 is 5.96 Å². The quantitative estimate of drug-likeness (QED) is 0.672. The van der Waals surface area contributed by atoms with Crippen LogP contribution in [0.15, 0.2) is 53.5 Å². The number of benzene rings is 2. The summed E-state index contributed by atoms with van der Waals surface area (Å²) in [7, 11) is 1.73. The van der Waals surface area contributed by atoms with E-state index in [1.165, 1.54) is 17.2 Å². The Labute approximate surface area is 130 Å². The number of hydrogen-bond acceptors (Lipinski definition) is 1. The third-order valence-corrected chi connectivity index (χ3v) is 4.10. The van der Waals surface area contributed by atoms with Gasteiger partial charge in [-0.2, -0.15) is 0 Å².